The summed E-state index contributed by atoms with van der Waals surface area (Å²) in [4.78, 5) is 33.1. The molecule has 2 heterocycles. The third kappa shape index (κ3) is 8.61. The van der Waals surface area contributed by atoms with Crippen molar-refractivity contribution in [2.24, 2.45) is 5.73 Å². The fourth-order valence-corrected chi connectivity index (χ4v) is 4.81. The highest BCUT2D eigenvalue weighted by Crippen LogP contribution is 2.18. The zero-order valence-corrected chi connectivity index (χ0v) is 20.9. The van der Waals surface area contributed by atoms with Crippen molar-refractivity contribution in [3.05, 3.63) is 87.1 Å². The van der Waals surface area contributed by atoms with E-state index in [1.54, 1.807) is 18.6 Å². The first-order valence-corrected chi connectivity index (χ1v) is 13.0. The highest BCUT2D eigenvalue weighted by atomic mass is 35.5. The van der Waals surface area contributed by atoms with Gasteiger partial charge in [0.15, 0.2) is 5.16 Å². The number of nitrogens with zero attached hydrogens (tertiary/aromatic N) is 3. The van der Waals surface area contributed by atoms with E-state index in [0.29, 0.717) is 17.1 Å². The molecule has 1 amide bonds. The quantitative estimate of drug-likeness (QED) is 0.191. The Bertz CT molecular complexity index is 1100. The first-order valence-electron chi connectivity index (χ1n) is 11.7. The summed E-state index contributed by atoms with van der Waals surface area (Å²) in [5, 5.41) is 1.32. The van der Waals surface area contributed by atoms with E-state index in [0.717, 1.165) is 35.6 Å². The number of rotatable bonds is 14. The molecule has 0 spiro atoms. The summed E-state index contributed by atoms with van der Waals surface area (Å²) in [6.45, 7) is -0.164. The Morgan fingerprint density at radius 3 is 2.41 bits per heavy atom. The number of pyridine rings is 1. The van der Waals surface area contributed by atoms with Gasteiger partial charge in [0.05, 0.1) is 0 Å². The number of primary amides is 1. The number of carbonyl (C=O) groups excluding carboxylic acids is 1. The molecule has 0 atom stereocenters. The smallest absolute Gasteiger partial charge is 0.258 e. The third-order valence-corrected chi connectivity index (χ3v) is 6.85. The number of hydrogen-bond acceptors (Lipinski definition) is 5. The highest BCUT2D eigenvalue weighted by molar-refractivity contribution is 7.99. The number of nitrogens with two attached hydrogens (primary N) is 1. The standard InChI is InChI=1S/C26H31ClN4O2S/c27-23-12-10-20(11-13-23)8-5-3-1-2-4-6-15-34-26-30-18-22(16-21-9-7-14-29-17-21)25(33)31(26)19-24(28)32/h7,9-14,17-18H,1-6,8,15-16,19H2,(H2,28,32). The lowest BCUT2D eigenvalue weighted by Crippen LogP contribution is -2.32. The Kier molecular flexibility index (Phi) is 10.6. The van der Waals surface area contributed by atoms with Crippen LogP contribution in [0.4, 0.5) is 0 Å². The molecule has 2 N–H and O–H groups in total. The monoisotopic (exact) mass is 498 g/mol. The maximum atomic E-state index is 13.0. The fraction of sp³-hybridized carbons (Fsp3) is 0.385. The minimum atomic E-state index is -0.553. The molecular formula is C26H31ClN4O2S. The van der Waals surface area contributed by atoms with Crippen LogP contribution < -0.4 is 11.3 Å². The van der Waals surface area contributed by atoms with Crippen LogP contribution in [0.2, 0.25) is 5.02 Å². The van der Waals surface area contributed by atoms with E-state index in [1.165, 1.54) is 47.6 Å². The van der Waals surface area contributed by atoms with E-state index in [2.05, 4.69) is 22.1 Å². The molecule has 34 heavy (non-hydrogen) atoms. The van der Waals surface area contributed by atoms with Crippen LogP contribution in [0, 0.1) is 0 Å². The van der Waals surface area contributed by atoms with Gasteiger partial charge < -0.3 is 5.73 Å². The van der Waals surface area contributed by atoms with Crippen LogP contribution in [-0.2, 0) is 24.2 Å². The van der Waals surface area contributed by atoms with Crippen molar-refractivity contribution in [1.82, 2.24) is 14.5 Å². The van der Waals surface area contributed by atoms with Crippen LogP contribution in [0.3, 0.4) is 0 Å². The minimum Gasteiger partial charge on any atom is -0.368 e. The minimum absolute atomic E-state index is 0.164. The number of benzene rings is 1. The van der Waals surface area contributed by atoms with Crippen molar-refractivity contribution in [2.45, 2.75) is 63.1 Å². The second-order valence-electron chi connectivity index (χ2n) is 8.31. The molecule has 0 bridgehead atoms. The van der Waals surface area contributed by atoms with Crippen molar-refractivity contribution in [1.29, 1.82) is 0 Å². The van der Waals surface area contributed by atoms with Gasteiger partial charge in [-0.15, -0.1) is 0 Å². The molecule has 0 aliphatic heterocycles. The Labute approximate surface area is 210 Å². The highest BCUT2D eigenvalue weighted by Gasteiger charge is 2.13. The van der Waals surface area contributed by atoms with Crippen LogP contribution in [0.15, 0.2) is 64.9 Å². The lowest BCUT2D eigenvalue weighted by atomic mass is 10.1. The largest absolute Gasteiger partial charge is 0.368 e. The van der Waals surface area contributed by atoms with Crippen molar-refractivity contribution in [2.75, 3.05) is 5.75 Å². The van der Waals surface area contributed by atoms with E-state index in [4.69, 9.17) is 17.3 Å². The predicted molar refractivity (Wildman–Crippen MR) is 138 cm³/mol. The molecule has 180 valence electrons. The van der Waals surface area contributed by atoms with Crippen molar-refractivity contribution < 1.29 is 4.79 Å². The molecule has 0 fully saturated rings. The molecule has 0 aliphatic carbocycles. The average molecular weight is 499 g/mol. The second kappa shape index (κ2) is 13.9. The van der Waals surface area contributed by atoms with Gasteiger partial charge in [-0.2, -0.15) is 0 Å². The molecule has 3 rings (SSSR count). The van der Waals surface area contributed by atoms with Crippen molar-refractivity contribution in [3.8, 4) is 0 Å². The summed E-state index contributed by atoms with van der Waals surface area (Å²) in [5.41, 5.74) is 7.95. The zero-order chi connectivity index (χ0) is 24.2. The average Bonchev–Trinajstić information content (AvgIpc) is 2.83. The van der Waals surface area contributed by atoms with Gasteiger partial charge in [0.1, 0.15) is 6.54 Å². The summed E-state index contributed by atoms with van der Waals surface area (Å²) in [6.07, 6.45) is 13.5. The molecule has 0 radical (unpaired) electrons. The molecule has 1 aromatic carbocycles. The number of aromatic nitrogens is 3. The first kappa shape index (κ1) is 26.0. The SMILES string of the molecule is NC(=O)Cn1c(SCCCCCCCCc2ccc(Cl)cc2)ncc(Cc2cccnc2)c1=O. The van der Waals surface area contributed by atoms with Crippen molar-refractivity contribution >= 4 is 29.3 Å². The van der Waals surface area contributed by atoms with Gasteiger partial charge in [-0.05, 0) is 48.6 Å². The number of carbonyl (C=O) groups is 1. The summed E-state index contributed by atoms with van der Waals surface area (Å²) in [6, 6.07) is 11.8. The molecule has 8 heteroatoms. The predicted octanol–water partition coefficient (Wildman–Crippen LogP) is 5.04. The van der Waals surface area contributed by atoms with Crippen LogP contribution in [0.5, 0.6) is 0 Å². The molecule has 6 nitrogen and oxygen atoms in total. The Hall–Kier alpha value is -2.64. The van der Waals surface area contributed by atoms with E-state index in [-0.39, 0.29) is 12.1 Å². The molecule has 0 aliphatic rings. The second-order valence-corrected chi connectivity index (χ2v) is 9.81. The van der Waals surface area contributed by atoms with E-state index >= 15 is 0 Å². The van der Waals surface area contributed by atoms with Gasteiger partial charge >= 0.3 is 0 Å². The number of hydrogen-bond donors (Lipinski definition) is 1. The van der Waals surface area contributed by atoms with Crippen LogP contribution in [-0.4, -0.2) is 26.2 Å². The van der Waals surface area contributed by atoms with E-state index < -0.39 is 5.91 Å². The molecular weight excluding hydrogens is 468 g/mol. The fourth-order valence-electron chi connectivity index (χ4n) is 3.73. The van der Waals surface area contributed by atoms with Crippen LogP contribution in [0.1, 0.15) is 55.2 Å². The summed E-state index contributed by atoms with van der Waals surface area (Å²) >= 11 is 7.43. The molecule has 0 unspecified atom stereocenters. The molecule has 2 aromatic heterocycles. The maximum absolute atomic E-state index is 13.0. The lowest BCUT2D eigenvalue weighted by molar-refractivity contribution is -0.118. The summed E-state index contributed by atoms with van der Waals surface area (Å²) in [7, 11) is 0. The van der Waals surface area contributed by atoms with E-state index in [1.807, 2.05) is 24.3 Å². The van der Waals surface area contributed by atoms with Gasteiger partial charge in [0.25, 0.3) is 5.56 Å². The third-order valence-electron chi connectivity index (χ3n) is 5.52. The normalized spacial score (nSPS) is 11.0. The number of thioether (sulfide) groups is 1. The molecule has 0 saturated carbocycles. The molecule has 0 saturated heterocycles. The van der Waals surface area contributed by atoms with Crippen LogP contribution in [0.25, 0.3) is 0 Å². The topological polar surface area (TPSA) is 90.9 Å². The number of aryl methyl sites for hydroxylation is 1. The van der Waals surface area contributed by atoms with Crippen molar-refractivity contribution in [3.63, 3.8) is 0 Å². The molecule has 3 aromatic rings. The van der Waals surface area contributed by atoms with Gasteiger partial charge in [-0.25, -0.2) is 4.98 Å². The number of unbranched alkanes of at least 4 members (excludes halogenated alkanes) is 5. The van der Waals surface area contributed by atoms with E-state index in [9.17, 15) is 9.59 Å². The Morgan fingerprint density at radius 2 is 1.71 bits per heavy atom. The first-order chi connectivity index (χ1) is 16.5. The van der Waals surface area contributed by atoms with Crippen LogP contribution >= 0.6 is 23.4 Å². The zero-order valence-electron chi connectivity index (χ0n) is 19.3. The number of halogens is 1. The summed E-state index contributed by atoms with van der Waals surface area (Å²) < 4.78 is 1.40. The van der Waals surface area contributed by atoms with Gasteiger partial charge in [-0.3, -0.25) is 19.1 Å². The Balaban J connectivity index is 1.41. The van der Waals surface area contributed by atoms with Gasteiger partial charge in [0.2, 0.25) is 5.91 Å². The van der Waals surface area contributed by atoms with Gasteiger partial charge in [0, 0.05) is 41.4 Å². The lowest BCUT2D eigenvalue weighted by Gasteiger charge is -2.12. The Morgan fingerprint density at radius 1 is 0.971 bits per heavy atom. The van der Waals surface area contributed by atoms with Gasteiger partial charge in [-0.1, -0.05) is 67.2 Å². The maximum Gasteiger partial charge on any atom is 0.258 e. The number of amides is 1. The summed E-state index contributed by atoms with van der Waals surface area (Å²) in [5.74, 6) is 0.292.